The Morgan fingerprint density at radius 1 is 1.15 bits per heavy atom. The van der Waals surface area contributed by atoms with Crippen molar-refractivity contribution in [1.29, 1.82) is 0 Å². The van der Waals surface area contributed by atoms with E-state index in [1.165, 1.54) is 19.2 Å². The third kappa shape index (κ3) is 4.69. The smallest absolute Gasteiger partial charge is 0.344 e. The molecule has 1 aromatic carbocycles. The van der Waals surface area contributed by atoms with Gasteiger partial charge in [0.25, 0.3) is 5.91 Å². The van der Waals surface area contributed by atoms with E-state index in [2.05, 4.69) is 15.5 Å². The molecule has 0 saturated carbocycles. The highest BCUT2D eigenvalue weighted by atomic mass is 16.6. The Morgan fingerprint density at radius 3 is 2.63 bits per heavy atom. The summed E-state index contributed by atoms with van der Waals surface area (Å²) in [6.07, 6.45) is 0.435. The van der Waals surface area contributed by atoms with Crippen LogP contribution in [0.2, 0.25) is 0 Å². The fourth-order valence-electron chi connectivity index (χ4n) is 2.15. The van der Waals surface area contributed by atoms with E-state index < -0.39 is 18.0 Å². The molecule has 1 atom stereocenters. The molecule has 0 saturated heterocycles. The predicted molar refractivity (Wildman–Crippen MR) is 95.5 cm³/mol. The lowest BCUT2D eigenvalue weighted by molar-refractivity contribution is -0.123. The molecule has 3 rings (SSSR count). The van der Waals surface area contributed by atoms with Crippen molar-refractivity contribution in [2.24, 2.45) is 0 Å². The summed E-state index contributed by atoms with van der Waals surface area (Å²) >= 11 is 0. The lowest BCUT2D eigenvalue weighted by atomic mass is 10.2. The van der Waals surface area contributed by atoms with Gasteiger partial charge in [0, 0.05) is 12.3 Å². The molecular weight excluding hydrogens is 350 g/mol. The van der Waals surface area contributed by atoms with Crippen LogP contribution in [-0.4, -0.2) is 28.1 Å². The molecule has 0 radical (unpaired) electrons. The number of nitrogens with one attached hydrogen (secondary N) is 1. The van der Waals surface area contributed by atoms with Crippen LogP contribution in [0.3, 0.4) is 0 Å². The fourth-order valence-corrected chi connectivity index (χ4v) is 2.15. The normalized spacial score (nSPS) is 11.5. The summed E-state index contributed by atoms with van der Waals surface area (Å²) in [6, 6.07) is 13.6. The number of pyridine rings is 1. The maximum absolute atomic E-state index is 12.5. The Bertz CT molecular complexity index is 939. The highest BCUT2D eigenvalue weighted by Crippen LogP contribution is 2.23. The van der Waals surface area contributed by atoms with Gasteiger partial charge in [-0.1, -0.05) is 23.4 Å². The SMILES string of the molecule is Cc1cc(NC(=O)[C@@H](C)OC(=O)c2cccnc2Oc2ccccc2)on1. The van der Waals surface area contributed by atoms with Gasteiger partial charge in [-0.25, -0.2) is 9.78 Å². The topological polar surface area (TPSA) is 104 Å². The van der Waals surface area contributed by atoms with Crippen molar-refractivity contribution in [3.05, 3.63) is 66.0 Å². The number of amides is 1. The Kier molecular flexibility index (Phi) is 5.46. The maximum atomic E-state index is 12.5. The van der Waals surface area contributed by atoms with Gasteiger partial charge in [0.1, 0.15) is 11.3 Å². The number of benzene rings is 1. The molecule has 0 aliphatic rings. The zero-order chi connectivity index (χ0) is 19.2. The van der Waals surface area contributed by atoms with Gasteiger partial charge < -0.3 is 14.0 Å². The quantitative estimate of drug-likeness (QED) is 0.666. The van der Waals surface area contributed by atoms with Crippen LogP contribution in [0, 0.1) is 6.92 Å². The number of rotatable bonds is 6. The van der Waals surface area contributed by atoms with Gasteiger partial charge in [-0.05, 0) is 38.1 Å². The van der Waals surface area contributed by atoms with Crippen LogP contribution in [0.1, 0.15) is 23.0 Å². The highest BCUT2D eigenvalue weighted by molar-refractivity contribution is 5.97. The van der Waals surface area contributed by atoms with E-state index in [1.54, 1.807) is 43.3 Å². The minimum Gasteiger partial charge on any atom is -0.449 e. The summed E-state index contributed by atoms with van der Waals surface area (Å²) in [6.45, 7) is 3.17. The summed E-state index contributed by atoms with van der Waals surface area (Å²) in [7, 11) is 0. The molecule has 0 aliphatic carbocycles. The van der Waals surface area contributed by atoms with Crippen LogP contribution in [0.4, 0.5) is 5.88 Å². The Hall–Kier alpha value is -3.68. The van der Waals surface area contributed by atoms with E-state index in [4.69, 9.17) is 14.0 Å². The molecule has 0 fully saturated rings. The number of hydrogen-bond acceptors (Lipinski definition) is 7. The van der Waals surface area contributed by atoms with Crippen molar-refractivity contribution < 1.29 is 23.6 Å². The molecule has 8 nitrogen and oxygen atoms in total. The van der Waals surface area contributed by atoms with Crippen LogP contribution in [0.25, 0.3) is 0 Å². The van der Waals surface area contributed by atoms with E-state index in [0.29, 0.717) is 11.4 Å². The summed E-state index contributed by atoms with van der Waals surface area (Å²) in [5.74, 6) is -0.488. The molecule has 1 N–H and O–H groups in total. The molecule has 1 amide bonds. The van der Waals surface area contributed by atoms with Crippen molar-refractivity contribution in [2.75, 3.05) is 5.32 Å². The van der Waals surface area contributed by atoms with Crippen molar-refractivity contribution >= 4 is 17.8 Å². The number of carbonyl (C=O) groups excluding carboxylic acids is 2. The number of hydrogen-bond donors (Lipinski definition) is 1. The largest absolute Gasteiger partial charge is 0.449 e. The molecule has 27 heavy (non-hydrogen) atoms. The van der Waals surface area contributed by atoms with Crippen LogP contribution in [-0.2, 0) is 9.53 Å². The molecule has 138 valence electrons. The summed E-state index contributed by atoms with van der Waals surface area (Å²) in [5.41, 5.74) is 0.726. The number of esters is 1. The second kappa shape index (κ2) is 8.13. The molecular formula is C19H17N3O5. The lowest BCUT2D eigenvalue weighted by Crippen LogP contribution is -2.30. The summed E-state index contributed by atoms with van der Waals surface area (Å²) in [5, 5.41) is 6.15. The minimum absolute atomic E-state index is 0.0900. The Morgan fingerprint density at radius 2 is 1.93 bits per heavy atom. The van der Waals surface area contributed by atoms with Crippen LogP contribution in [0.5, 0.6) is 11.6 Å². The molecule has 2 heterocycles. The third-order valence-corrected chi connectivity index (χ3v) is 3.48. The average Bonchev–Trinajstić information content (AvgIpc) is 3.07. The second-order valence-corrected chi connectivity index (χ2v) is 5.64. The third-order valence-electron chi connectivity index (χ3n) is 3.48. The number of carbonyl (C=O) groups is 2. The van der Waals surface area contributed by atoms with E-state index in [-0.39, 0.29) is 17.3 Å². The molecule has 0 spiro atoms. The van der Waals surface area contributed by atoms with Gasteiger partial charge in [-0.3, -0.25) is 10.1 Å². The minimum atomic E-state index is -1.06. The van der Waals surface area contributed by atoms with Crippen molar-refractivity contribution in [2.45, 2.75) is 20.0 Å². The molecule has 8 heteroatoms. The number of aryl methyl sites for hydroxylation is 1. The van der Waals surface area contributed by atoms with Gasteiger partial charge in [0.2, 0.25) is 11.8 Å². The zero-order valence-corrected chi connectivity index (χ0v) is 14.7. The first-order valence-electron chi connectivity index (χ1n) is 8.16. The summed E-state index contributed by atoms with van der Waals surface area (Å²) in [4.78, 5) is 28.7. The van der Waals surface area contributed by atoms with Gasteiger partial charge >= 0.3 is 5.97 Å². The van der Waals surface area contributed by atoms with Crippen molar-refractivity contribution in [1.82, 2.24) is 10.1 Å². The average molecular weight is 367 g/mol. The van der Waals surface area contributed by atoms with Gasteiger partial charge in [0.15, 0.2) is 6.10 Å². The van der Waals surface area contributed by atoms with E-state index in [9.17, 15) is 9.59 Å². The van der Waals surface area contributed by atoms with Crippen LogP contribution in [0.15, 0.2) is 59.3 Å². The monoisotopic (exact) mass is 367 g/mol. The Balaban J connectivity index is 1.67. The zero-order valence-electron chi connectivity index (χ0n) is 14.7. The van der Waals surface area contributed by atoms with Gasteiger partial charge in [-0.2, -0.15) is 0 Å². The Labute approximate surface area is 155 Å². The fraction of sp³-hybridized carbons (Fsp3) is 0.158. The van der Waals surface area contributed by atoms with Crippen molar-refractivity contribution in [3.8, 4) is 11.6 Å². The number of ether oxygens (including phenoxy) is 2. The highest BCUT2D eigenvalue weighted by Gasteiger charge is 2.23. The van der Waals surface area contributed by atoms with Gasteiger partial charge in [-0.15, -0.1) is 0 Å². The number of aromatic nitrogens is 2. The molecule has 0 bridgehead atoms. The first-order chi connectivity index (χ1) is 13.0. The van der Waals surface area contributed by atoms with Crippen molar-refractivity contribution in [3.63, 3.8) is 0 Å². The van der Waals surface area contributed by atoms with E-state index in [1.807, 2.05) is 6.07 Å². The van der Waals surface area contributed by atoms with Crippen LogP contribution >= 0.6 is 0 Å². The maximum Gasteiger partial charge on any atom is 0.344 e. The first-order valence-corrected chi connectivity index (χ1v) is 8.16. The van der Waals surface area contributed by atoms with E-state index >= 15 is 0 Å². The molecule has 3 aromatic rings. The number of para-hydroxylation sites is 1. The number of nitrogens with zero attached hydrogens (tertiary/aromatic N) is 2. The number of anilines is 1. The predicted octanol–water partition coefficient (Wildman–Crippen LogP) is 3.35. The lowest BCUT2D eigenvalue weighted by Gasteiger charge is -2.14. The van der Waals surface area contributed by atoms with E-state index in [0.717, 1.165) is 0 Å². The standard InChI is InChI=1S/C19H17N3O5/c1-12-11-16(27-22-12)21-17(23)13(2)25-19(24)15-9-6-10-20-18(15)26-14-7-4-3-5-8-14/h3-11,13H,1-2H3,(H,21,23)/t13-/m1/s1. The molecule has 0 unspecified atom stereocenters. The van der Waals surface area contributed by atoms with Gasteiger partial charge in [0.05, 0.1) is 5.69 Å². The second-order valence-electron chi connectivity index (χ2n) is 5.64. The molecule has 2 aromatic heterocycles. The molecule has 0 aliphatic heterocycles. The summed E-state index contributed by atoms with van der Waals surface area (Å²) < 4.78 is 15.8. The first kappa shape index (κ1) is 18.1. The van der Waals surface area contributed by atoms with Crippen LogP contribution < -0.4 is 10.1 Å².